The minimum atomic E-state index is -0.409. The summed E-state index contributed by atoms with van der Waals surface area (Å²) in [6.45, 7) is 9.86. The van der Waals surface area contributed by atoms with E-state index >= 15 is 0 Å². The van der Waals surface area contributed by atoms with Crippen molar-refractivity contribution in [3.8, 4) is 5.75 Å². The van der Waals surface area contributed by atoms with Crippen molar-refractivity contribution in [1.82, 2.24) is 20.1 Å². The second kappa shape index (κ2) is 9.58. The number of allylic oxidation sites excluding steroid dienone is 1. The molecule has 7 heteroatoms. The Kier molecular flexibility index (Phi) is 6.37. The van der Waals surface area contributed by atoms with Crippen molar-refractivity contribution in [3.63, 3.8) is 0 Å². The van der Waals surface area contributed by atoms with E-state index in [0.29, 0.717) is 31.9 Å². The predicted octanol–water partition coefficient (Wildman–Crippen LogP) is 3.61. The van der Waals surface area contributed by atoms with Gasteiger partial charge in [-0.25, -0.2) is 0 Å². The number of hydrogen-bond donors (Lipinski definition) is 1. The summed E-state index contributed by atoms with van der Waals surface area (Å²) in [6, 6.07) is 9.89. The zero-order valence-corrected chi connectivity index (χ0v) is 19.8. The first-order chi connectivity index (χ1) is 16.5. The lowest BCUT2D eigenvalue weighted by atomic mass is 9.88. The monoisotopic (exact) mass is 460 g/mol. The number of nitrogens with zero attached hydrogens (tertiary/aromatic N) is 3. The van der Waals surface area contributed by atoms with Gasteiger partial charge in [0.2, 0.25) is 5.91 Å². The Hall–Kier alpha value is -3.19. The van der Waals surface area contributed by atoms with Gasteiger partial charge in [-0.15, -0.1) is 0 Å². The minimum absolute atomic E-state index is 0.0353. The third-order valence-electron chi connectivity index (χ3n) is 7.21. The number of pyridine rings is 1. The number of aromatic nitrogens is 1. The average Bonchev–Trinajstić information content (AvgIpc) is 3.16. The fourth-order valence-electron chi connectivity index (χ4n) is 5.34. The highest BCUT2D eigenvalue weighted by atomic mass is 16.5. The van der Waals surface area contributed by atoms with E-state index in [1.54, 1.807) is 11.1 Å². The molecule has 1 aromatic heterocycles. The molecule has 1 unspecified atom stereocenters. The first-order valence-corrected chi connectivity index (χ1v) is 12.2. The van der Waals surface area contributed by atoms with E-state index < -0.39 is 6.04 Å². The molecule has 2 aromatic rings. The van der Waals surface area contributed by atoms with Crippen LogP contribution in [0.25, 0.3) is 0 Å². The van der Waals surface area contributed by atoms with Crippen molar-refractivity contribution in [2.24, 2.45) is 0 Å². The van der Waals surface area contributed by atoms with E-state index in [0.717, 1.165) is 60.7 Å². The SMILES string of the molecule is C=C1CCC(N2Cc3cc(C4CCN(Cc5ccc(OCC)cn5)CC4)ccc3C2=O)C(=O)N1. The molecule has 4 heterocycles. The Balaban J connectivity index is 1.19. The number of rotatable bonds is 6. The summed E-state index contributed by atoms with van der Waals surface area (Å²) < 4.78 is 5.48. The van der Waals surface area contributed by atoms with Gasteiger partial charge in [-0.05, 0) is 80.9 Å². The fourth-order valence-corrected chi connectivity index (χ4v) is 5.34. The van der Waals surface area contributed by atoms with Crippen LogP contribution in [0.15, 0.2) is 48.8 Å². The van der Waals surface area contributed by atoms with Gasteiger partial charge in [0.25, 0.3) is 5.91 Å². The van der Waals surface area contributed by atoms with Crippen molar-refractivity contribution in [2.75, 3.05) is 19.7 Å². The molecule has 34 heavy (non-hydrogen) atoms. The molecular weight excluding hydrogens is 428 g/mol. The van der Waals surface area contributed by atoms with Crippen LogP contribution in [0.2, 0.25) is 0 Å². The third kappa shape index (κ3) is 4.57. The zero-order chi connectivity index (χ0) is 23.7. The Morgan fingerprint density at radius 3 is 2.68 bits per heavy atom. The number of ether oxygens (including phenoxy) is 1. The number of amides is 2. The summed E-state index contributed by atoms with van der Waals surface area (Å²) in [7, 11) is 0. The van der Waals surface area contributed by atoms with Crippen LogP contribution in [0, 0.1) is 0 Å². The maximum Gasteiger partial charge on any atom is 0.255 e. The molecule has 3 aliphatic rings. The number of fused-ring (bicyclic) bond motifs is 1. The maximum atomic E-state index is 13.0. The summed E-state index contributed by atoms with van der Waals surface area (Å²) in [6.07, 6.45) is 5.32. The first kappa shape index (κ1) is 22.6. The molecule has 1 atom stereocenters. The van der Waals surface area contributed by atoms with Gasteiger partial charge in [0.1, 0.15) is 11.8 Å². The predicted molar refractivity (Wildman–Crippen MR) is 129 cm³/mol. The molecule has 5 rings (SSSR count). The Morgan fingerprint density at radius 2 is 1.97 bits per heavy atom. The highest BCUT2D eigenvalue weighted by Gasteiger charge is 2.38. The van der Waals surface area contributed by atoms with Crippen LogP contribution in [-0.2, 0) is 17.9 Å². The van der Waals surface area contributed by atoms with E-state index in [1.807, 2.05) is 25.1 Å². The summed E-state index contributed by atoms with van der Waals surface area (Å²) in [5.74, 6) is 1.15. The van der Waals surface area contributed by atoms with Crippen LogP contribution in [-0.4, -0.2) is 52.3 Å². The molecule has 0 aliphatic carbocycles. The molecule has 3 aliphatic heterocycles. The number of benzene rings is 1. The summed E-state index contributed by atoms with van der Waals surface area (Å²) in [5, 5.41) is 2.80. The van der Waals surface area contributed by atoms with Crippen LogP contribution in [0.1, 0.15) is 65.7 Å². The topological polar surface area (TPSA) is 74.8 Å². The lowest BCUT2D eigenvalue weighted by Gasteiger charge is -2.32. The number of likely N-dealkylation sites (tertiary alicyclic amines) is 1. The molecule has 178 valence electrons. The molecule has 0 spiro atoms. The standard InChI is InChI=1S/C27H32N4O3/c1-3-34-23-7-6-22(28-15-23)17-30-12-10-19(11-13-30)20-5-8-24-21(14-20)16-31(27(24)33)25-9-4-18(2)29-26(25)32/h5-8,14-15,19,25H,2-4,9-13,16-17H2,1H3,(H,29,32). The van der Waals surface area contributed by atoms with Crippen molar-refractivity contribution in [1.29, 1.82) is 0 Å². The smallest absolute Gasteiger partial charge is 0.255 e. The van der Waals surface area contributed by atoms with Crippen molar-refractivity contribution in [3.05, 3.63) is 71.2 Å². The van der Waals surface area contributed by atoms with Crippen molar-refractivity contribution in [2.45, 2.75) is 57.7 Å². The fraction of sp³-hybridized carbons (Fsp3) is 0.444. The summed E-state index contributed by atoms with van der Waals surface area (Å²) >= 11 is 0. The molecular formula is C27H32N4O3. The second-order valence-electron chi connectivity index (χ2n) is 9.47. The molecule has 0 saturated carbocycles. The minimum Gasteiger partial charge on any atom is -0.492 e. The van der Waals surface area contributed by atoms with E-state index in [4.69, 9.17) is 4.74 Å². The Labute approximate surface area is 200 Å². The largest absolute Gasteiger partial charge is 0.492 e. The highest BCUT2D eigenvalue weighted by molar-refractivity contribution is 6.01. The van der Waals surface area contributed by atoms with E-state index in [1.165, 1.54) is 5.56 Å². The molecule has 7 nitrogen and oxygen atoms in total. The van der Waals surface area contributed by atoms with Gasteiger partial charge < -0.3 is 15.0 Å². The van der Waals surface area contributed by atoms with Gasteiger partial charge in [-0.3, -0.25) is 19.5 Å². The third-order valence-corrected chi connectivity index (χ3v) is 7.21. The number of carbonyl (C=O) groups is 2. The average molecular weight is 461 g/mol. The first-order valence-electron chi connectivity index (χ1n) is 12.2. The Morgan fingerprint density at radius 1 is 1.15 bits per heavy atom. The number of piperidine rings is 2. The van der Waals surface area contributed by atoms with Gasteiger partial charge in [0.05, 0.1) is 18.5 Å². The van der Waals surface area contributed by atoms with Gasteiger partial charge in [0.15, 0.2) is 0 Å². The quantitative estimate of drug-likeness (QED) is 0.713. The normalized spacial score (nSPS) is 21.5. The van der Waals surface area contributed by atoms with E-state index in [2.05, 4.69) is 33.9 Å². The maximum absolute atomic E-state index is 13.0. The van der Waals surface area contributed by atoms with Gasteiger partial charge >= 0.3 is 0 Å². The van der Waals surface area contributed by atoms with Gasteiger partial charge in [0, 0.05) is 24.4 Å². The number of carbonyl (C=O) groups excluding carboxylic acids is 2. The van der Waals surface area contributed by atoms with Gasteiger partial charge in [-0.1, -0.05) is 18.7 Å². The molecule has 0 bridgehead atoms. The zero-order valence-electron chi connectivity index (χ0n) is 19.8. The number of hydrogen-bond acceptors (Lipinski definition) is 5. The molecule has 2 saturated heterocycles. The molecule has 1 aromatic carbocycles. The lowest BCUT2D eigenvalue weighted by molar-refractivity contribution is -0.126. The van der Waals surface area contributed by atoms with Gasteiger partial charge in [-0.2, -0.15) is 0 Å². The van der Waals surface area contributed by atoms with Crippen molar-refractivity contribution >= 4 is 11.8 Å². The van der Waals surface area contributed by atoms with Crippen LogP contribution in [0.5, 0.6) is 5.75 Å². The molecule has 2 fully saturated rings. The highest BCUT2D eigenvalue weighted by Crippen LogP contribution is 2.34. The number of nitrogens with one attached hydrogen (secondary N) is 1. The lowest BCUT2D eigenvalue weighted by Crippen LogP contribution is -2.49. The van der Waals surface area contributed by atoms with Crippen LogP contribution >= 0.6 is 0 Å². The molecule has 1 N–H and O–H groups in total. The summed E-state index contributed by atoms with van der Waals surface area (Å²) in [5.41, 5.74) is 4.88. The summed E-state index contributed by atoms with van der Waals surface area (Å²) in [4.78, 5) is 34.1. The van der Waals surface area contributed by atoms with Crippen LogP contribution in [0.4, 0.5) is 0 Å². The Bertz CT molecular complexity index is 1090. The van der Waals surface area contributed by atoms with Crippen LogP contribution in [0.3, 0.4) is 0 Å². The second-order valence-corrected chi connectivity index (χ2v) is 9.47. The van der Waals surface area contributed by atoms with E-state index in [9.17, 15) is 9.59 Å². The van der Waals surface area contributed by atoms with Crippen molar-refractivity contribution < 1.29 is 14.3 Å². The van der Waals surface area contributed by atoms with Crippen LogP contribution < -0.4 is 10.1 Å². The van der Waals surface area contributed by atoms with E-state index in [-0.39, 0.29) is 11.8 Å². The molecule has 0 radical (unpaired) electrons. The molecule has 2 amide bonds.